The molecule has 0 aromatic heterocycles. The number of rotatable bonds is 5. The first kappa shape index (κ1) is 17.5. The quantitative estimate of drug-likeness (QED) is 0.540. The van der Waals surface area contributed by atoms with Crippen molar-refractivity contribution in [3.05, 3.63) is 24.8 Å². The molecule has 7 heteroatoms. The van der Waals surface area contributed by atoms with Crippen LogP contribution in [0.3, 0.4) is 0 Å². The molecule has 1 amide bonds. The molecule has 0 aliphatic rings. The second-order valence-corrected chi connectivity index (χ2v) is 7.03. The molecule has 3 N–H and O–H groups in total. The van der Waals surface area contributed by atoms with E-state index in [4.69, 9.17) is 0 Å². The highest BCUT2D eigenvalue weighted by atomic mass is 127. The van der Waals surface area contributed by atoms with E-state index in [1.54, 1.807) is 6.07 Å². The summed E-state index contributed by atoms with van der Waals surface area (Å²) >= 11 is 3.96. The average Bonchev–Trinajstić information content (AvgIpc) is 2.33. The van der Waals surface area contributed by atoms with Crippen molar-refractivity contribution in [2.24, 2.45) is 0 Å². The summed E-state index contributed by atoms with van der Waals surface area (Å²) in [6.45, 7) is 3.31. The van der Waals surface area contributed by atoms with E-state index in [9.17, 15) is 19.8 Å². The zero-order valence-corrected chi connectivity index (χ0v) is 15.4. The van der Waals surface area contributed by atoms with Gasteiger partial charge in [-0.2, -0.15) is 0 Å². The minimum atomic E-state index is -1.34. The van der Waals surface area contributed by atoms with Crippen molar-refractivity contribution in [1.82, 2.24) is 5.32 Å². The van der Waals surface area contributed by atoms with Gasteiger partial charge in [0.05, 0.1) is 9.13 Å². The Morgan fingerprint density at radius 2 is 1.95 bits per heavy atom. The van der Waals surface area contributed by atoms with Crippen molar-refractivity contribution in [3.63, 3.8) is 0 Å². The molecule has 1 atom stereocenters. The van der Waals surface area contributed by atoms with Crippen LogP contribution in [0.25, 0.3) is 0 Å². The summed E-state index contributed by atoms with van der Waals surface area (Å²) in [6.07, 6.45) is 0.939. The number of carbonyl (C=O) groups excluding carboxylic acids is 1. The number of aliphatic carboxylic acids is 1. The Kier molecular flexibility index (Phi) is 6.05. The third-order valence-corrected chi connectivity index (χ3v) is 4.33. The van der Waals surface area contributed by atoms with E-state index < -0.39 is 17.4 Å². The Balaban J connectivity index is 3.10. The van der Waals surface area contributed by atoms with Crippen LogP contribution in [-0.4, -0.2) is 27.6 Å². The first-order valence-electron chi connectivity index (χ1n) is 5.95. The molecular formula is C13H15I2NO4. The second-order valence-electron chi connectivity index (χ2n) is 4.63. The maximum Gasteiger partial charge on any atom is 0.329 e. The Morgan fingerprint density at radius 3 is 2.45 bits per heavy atom. The van der Waals surface area contributed by atoms with E-state index in [0.29, 0.717) is 16.4 Å². The lowest BCUT2D eigenvalue weighted by molar-refractivity contribution is -0.144. The van der Waals surface area contributed by atoms with Gasteiger partial charge >= 0.3 is 5.97 Å². The SMILES string of the molecule is CCCC(C)(NC(=O)c1cc(I)cc(I)c1O)C(=O)O. The first-order valence-corrected chi connectivity index (χ1v) is 8.11. The second kappa shape index (κ2) is 6.92. The van der Waals surface area contributed by atoms with Gasteiger partial charge in [-0.05, 0) is 70.7 Å². The number of phenols is 1. The van der Waals surface area contributed by atoms with Gasteiger partial charge in [-0.3, -0.25) is 4.79 Å². The van der Waals surface area contributed by atoms with Gasteiger partial charge in [0, 0.05) is 3.57 Å². The molecule has 1 unspecified atom stereocenters. The van der Waals surface area contributed by atoms with Crippen LogP contribution >= 0.6 is 45.2 Å². The third kappa shape index (κ3) is 3.96. The van der Waals surface area contributed by atoms with Crippen LogP contribution in [0.15, 0.2) is 12.1 Å². The number of halogens is 2. The zero-order valence-electron chi connectivity index (χ0n) is 11.0. The molecule has 0 radical (unpaired) electrons. The Labute approximate surface area is 144 Å². The molecule has 1 rings (SSSR count). The number of hydrogen-bond acceptors (Lipinski definition) is 3. The van der Waals surface area contributed by atoms with Crippen LogP contribution in [0.4, 0.5) is 0 Å². The minimum absolute atomic E-state index is 0.0879. The molecule has 5 nitrogen and oxygen atoms in total. The van der Waals surface area contributed by atoms with Crippen LogP contribution in [0.2, 0.25) is 0 Å². The standard InChI is InChI=1S/C13H15I2NO4/c1-3-4-13(2,12(19)20)16-11(18)8-5-7(14)6-9(15)10(8)17/h5-6,17H,3-4H2,1-2H3,(H,16,18)(H,19,20). The van der Waals surface area contributed by atoms with Crippen molar-refractivity contribution in [2.45, 2.75) is 32.2 Å². The molecule has 0 saturated heterocycles. The number of carboxylic acids is 1. The normalized spacial score (nSPS) is 13.6. The highest BCUT2D eigenvalue weighted by Crippen LogP contribution is 2.27. The van der Waals surface area contributed by atoms with Gasteiger partial charge in [-0.1, -0.05) is 13.3 Å². The summed E-state index contributed by atoms with van der Waals surface area (Å²) in [5, 5.41) is 21.7. The molecule has 0 aliphatic heterocycles. The number of aromatic hydroxyl groups is 1. The average molecular weight is 503 g/mol. The smallest absolute Gasteiger partial charge is 0.329 e. The number of carboxylic acid groups (broad SMARTS) is 1. The number of amides is 1. The van der Waals surface area contributed by atoms with Crippen LogP contribution in [0.5, 0.6) is 5.75 Å². The summed E-state index contributed by atoms with van der Waals surface area (Å²) < 4.78 is 1.34. The summed E-state index contributed by atoms with van der Waals surface area (Å²) in [4.78, 5) is 23.5. The largest absolute Gasteiger partial charge is 0.506 e. The van der Waals surface area contributed by atoms with E-state index in [0.717, 1.165) is 3.57 Å². The van der Waals surface area contributed by atoms with Crippen LogP contribution < -0.4 is 5.32 Å². The molecule has 1 aromatic rings. The van der Waals surface area contributed by atoms with Crippen LogP contribution in [0, 0.1) is 7.14 Å². The van der Waals surface area contributed by atoms with Crippen LogP contribution in [-0.2, 0) is 4.79 Å². The molecule has 0 aliphatic carbocycles. The van der Waals surface area contributed by atoms with E-state index in [2.05, 4.69) is 5.32 Å². The maximum atomic E-state index is 12.2. The Bertz CT molecular complexity index is 547. The van der Waals surface area contributed by atoms with Gasteiger partial charge in [-0.15, -0.1) is 0 Å². The van der Waals surface area contributed by atoms with Gasteiger partial charge in [0.2, 0.25) is 0 Å². The number of nitrogens with one attached hydrogen (secondary N) is 1. The fourth-order valence-electron chi connectivity index (χ4n) is 1.78. The van der Waals surface area contributed by atoms with Gasteiger partial charge in [0.15, 0.2) is 0 Å². The summed E-state index contributed by atoms with van der Waals surface area (Å²) in [5.74, 6) is -1.81. The summed E-state index contributed by atoms with van der Waals surface area (Å²) in [5.41, 5.74) is -1.25. The zero-order chi connectivity index (χ0) is 15.5. The molecule has 110 valence electrons. The van der Waals surface area contributed by atoms with Crippen molar-refractivity contribution in [2.75, 3.05) is 0 Å². The number of hydrogen-bond donors (Lipinski definition) is 3. The summed E-state index contributed by atoms with van der Waals surface area (Å²) in [7, 11) is 0. The van der Waals surface area contributed by atoms with Gasteiger partial charge in [0.25, 0.3) is 5.91 Å². The topological polar surface area (TPSA) is 86.6 Å². The molecule has 1 aromatic carbocycles. The van der Waals surface area contributed by atoms with E-state index in [1.165, 1.54) is 13.0 Å². The lowest BCUT2D eigenvalue weighted by Crippen LogP contribution is -2.52. The number of benzene rings is 1. The lowest BCUT2D eigenvalue weighted by Gasteiger charge is -2.26. The van der Waals surface area contributed by atoms with Gasteiger partial charge in [0.1, 0.15) is 11.3 Å². The molecular weight excluding hydrogens is 488 g/mol. The highest BCUT2D eigenvalue weighted by Gasteiger charge is 2.34. The third-order valence-electron chi connectivity index (χ3n) is 2.88. The Hall–Kier alpha value is -0.580. The molecule has 0 fully saturated rings. The maximum absolute atomic E-state index is 12.2. The van der Waals surface area contributed by atoms with Crippen molar-refractivity contribution in [1.29, 1.82) is 0 Å². The first-order chi connectivity index (χ1) is 9.21. The van der Waals surface area contributed by atoms with Crippen molar-refractivity contribution in [3.8, 4) is 5.75 Å². The van der Waals surface area contributed by atoms with E-state index >= 15 is 0 Å². The summed E-state index contributed by atoms with van der Waals surface area (Å²) in [6, 6.07) is 3.26. The Morgan fingerprint density at radius 1 is 1.35 bits per heavy atom. The van der Waals surface area contributed by atoms with Gasteiger partial charge < -0.3 is 15.5 Å². The molecule has 0 saturated carbocycles. The lowest BCUT2D eigenvalue weighted by atomic mass is 9.95. The predicted molar refractivity (Wildman–Crippen MR) is 92.0 cm³/mol. The van der Waals surface area contributed by atoms with Crippen molar-refractivity contribution >= 4 is 57.1 Å². The fourth-order valence-corrected chi connectivity index (χ4v) is 3.62. The van der Waals surface area contributed by atoms with E-state index in [-0.39, 0.29) is 11.3 Å². The number of phenolic OH excluding ortho intramolecular Hbond substituents is 1. The molecule has 0 bridgehead atoms. The minimum Gasteiger partial charge on any atom is -0.506 e. The number of carbonyl (C=O) groups is 2. The van der Waals surface area contributed by atoms with Crippen molar-refractivity contribution < 1.29 is 19.8 Å². The van der Waals surface area contributed by atoms with Crippen LogP contribution in [0.1, 0.15) is 37.0 Å². The highest BCUT2D eigenvalue weighted by molar-refractivity contribution is 14.1. The molecule has 0 heterocycles. The molecule has 0 spiro atoms. The predicted octanol–water partition coefficient (Wildman–Crippen LogP) is 2.97. The van der Waals surface area contributed by atoms with E-state index in [1.807, 2.05) is 52.1 Å². The van der Waals surface area contributed by atoms with Gasteiger partial charge in [-0.25, -0.2) is 4.79 Å². The monoisotopic (exact) mass is 503 g/mol. The molecule has 20 heavy (non-hydrogen) atoms. The fraction of sp³-hybridized carbons (Fsp3) is 0.385.